The highest BCUT2D eigenvalue weighted by atomic mass is 19.3. The summed E-state index contributed by atoms with van der Waals surface area (Å²) in [6, 6.07) is 12.9. The number of fused-ring (bicyclic) bond motifs is 1. The molecule has 0 aliphatic carbocycles. The topological polar surface area (TPSA) is 87.5 Å². The van der Waals surface area contributed by atoms with Crippen LogP contribution in [0.25, 0.3) is 16.9 Å². The highest BCUT2D eigenvalue weighted by molar-refractivity contribution is 5.78. The highest BCUT2D eigenvalue weighted by Crippen LogP contribution is 2.29. The van der Waals surface area contributed by atoms with Crippen molar-refractivity contribution in [1.82, 2.24) is 29.4 Å². The Kier molecular flexibility index (Phi) is 7.20. The molecule has 2 fully saturated rings. The van der Waals surface area contributed by atoms with Gasteiger partial charge in [-0.15, -0.1) is 0 Å². The molecule has 12 heteroatoms. The standard InChI is InChI=1S/C27H31F2N9O/c1-35-8-10-36(11-9-35)22-7-6-19(17-30-22)18-31-27-33-23(37-12-14-39-15-13-37)16-24(34-27)38-21-5-3-2-4-20(21)32-26(38)25(28)29/h2-7,16-17,25H,8-15,18H2,1H3,(H,31,33,34). The third-order valence-corrected chi connectivity index (χ3v) is 7.13. The van der Waals surface area contributed by atoms with E-state index in [0.29, 0.717) is 61.5 Å². The zero-order valence-corrected chi connectivity index (χ0v) is 21.8. The number of hydrogen-bond acceptors (Lipinski definition) is 9. The first-order valence-electron chi connectivity index (χ1n) is 13.1. The van der Waals surface area contributed by atoms with Gasteiger partial charge in [-0.1, -0.05) is 18.2 Å². The smallest absolute Gasteiger partial charge is 0.296 e. The van der Waals surface area contributed by atoms with Crippen LogP contribution in [0.3, 0.4) is 0 Å². The Labute approximate surface area is 225 Å². The molecule has 1 aromatic carbocycles. The van der Waals surface area contributed by atoms with Crippen LogP contribution in [0.2, 0.25) is 0 Å². The van der Waals surface area contributed by atoms with E-state index in [9.17, 15) is 8.78 Å². The predicted molar refractivity (Wildman–Crippen MR) is 146 cm³/mol. The summed E-state index contributed by atoms with van der Waals surface area (Å²) < 4.78 is 35.1. The number of piperazine rings is 1. The number of halogens is 2. The summed E-state index contributed by atoms with van der Waals surface area (Å²) >= 11 is 0. The Hall–Kier alpha value is -3.90. The number of morpholine rings is 1. The van der Waals surface area contributed by atoms with Gasteiger partial charge in [-0.05, 0) is 30.8 Å². The van der Waals surface area contributed by atoms with Gasteiger partial charge in [0.1, 0.15) is 17.5 Å². The number of nitrogens with zero attached hydrogens (tertiary/aromatic N) is 8. The van der Waals surface area contributed by atoms with Crippen molar-refractivity contribution in [1.29, 1.82) is 0 Å². The molecule has 39 heavy (non-hydrogen) atoms. The molecular formula is C27H31F2N9O. The number of alkyl halides is 2. The van der Waals surface area contributed by atoms with Gasteiger partial charge in [-0.2, -0.15) is 9.97 Å². The number of hydrogen-bond donors (Lipinski definition) is 1. The highest BCUT2D eigenvalue weighted by Gasteiger charge is 2.23. The van der Waals surface area contributed by atoms with E-state index in [1.807, 2.05) is 18.3 Å². The monoisotopic (exact) mass is 535 g/mol. The molecule has 0 bridgehead atoms. The molecule has 0 saturated carbocycles. The molecule has 2 aliphatic rings. The molecule has 5 heterocycles. The summed E-state index contributed by atoms with van der Waals surface area (Å²) in [7, 11) is 2.13. The zero-order valence-electron chi connectivity index (χ0n) is 21.8. The molecule has 2 saturated heterocycles. The largest absolute Gasteiger partial charge is 0.378 e. The lowest BCUT2D eigenvalue weighted by Gasteiger charge is -2.33. The van der Waals surface area contributed by atoms with Crippen molar-refractivity contribution in [3.63, 3.8) is 0 Å². The maximum atomic E-state index is 14.1. The number of likely N-dealkylation sites (N-methyl/N-ethyl adjacent to an activating group) is 1. The summed E-state index contributed by atoms with van der Waals surface area (Å²) in [6.07, 6.45) is -0.911. The number of nitrogens with one attached hydrogen (secondary N) is 1. The number of pyridine rings is 1. The minimum atomic E-state index is -2.76. The Morgan fingerprint density at radius 1 is 0.872 bits per heavy atom. The van der Waals surface area contributed by atoms with Gasteiger partial charge in [0, 0.05) is 58.1 Å². The van der Waals surface area contributed by atoms with Crippen molar-refractivity contribution >= 4 is 28.6 Å². The van der Waals surface area contributed by atoms with Crippen LogP contribution in [-0.2, 0) is 11.3 Å². The van der Waals surface area contributed by atoms with E-state index < -0.39 is 6.43 Å². The molecule has 3 aromatic heterocycles. The van der Waals surface area contributed by atoms with E-state index in [1.165, 1.54) is 4.57 Å². The first-order chi connectivity index (χ1) is 19.0. The normalized spacial score (nSPS) is 16.8. The average Bonchev–Trinajstić information content (AvgIpc) is 3.37. The minimum absolute atomic E-state index is 0.335. The van der Waals surface area contributed by atoms with Crippen molar-refractivity contribution in [2.75, 3.05) is 74.6 Å². The van der Waals surface area contributed by atoms with Gasteiger partial charge in [-0.3, -0.25) is 4.57 Å². The molecular weight excluding hydrogens is 504 g/mol. The second kappa shape index (κ2) is 11.1. The molecule has 0 unspecified atom stereocenters. The quantitative estimate of drug-likeness (QED) is 0.383. The molecule has 0 radical (unpaired) electrons. The summed E-state index contributed by atoms with van der Waals surface area (Å²) in [6.45, 7) is 6.83. The third-order valence-electron chi connectivity index (χ3n) is 7.13. The molecule has 4 aromatic rings. The SMILES string of the molecule is CN1CCN(c2ccc(CNc3nc(N4CCOCC4)cc(-n4c(C(F)F)nc5ccccc54)n3)cn2)CC1. The average molecular weight is 536 g/mol. The molecule has 1 N–H and O–H groups in total. The van der Waals surface area contributed by atoms with E-state index in [-0.39, 0.29) is 5.82 Å². The number of aromatic nitrogens is 5. The maximum Gasteiger partial charge on any atom is 0.296 e. The zero-order chi connectivity index (χ0) is 26.8. The molecule has 0 atom stereocenters. The van der Waals surface area contributed by atoms with Crippen LogP contribution < -0.4 is 15.1 Å². The van der Waals surface area contributed by atoms with Crippen LogP contribution in [0, 0.1) is 0 Å². The second-order valence-corrected chi connectivity index (χ2v) is 9.77. The number of rotatable bonds is 7. The lowest BCUT2D eigenvalue weighted by Crippen LogP contribution is -2.44. The van der Waals surface area contributed by atoms with Crippen molar-refractivity contribution in [3.05, 3.63) is 60.0 Å². The molecule has 0 amide bonds. The van der Waals surface area contributed by atoms with Crippen LogP contribution in [0.15, 0.2) is 48.7 Å². The number of anilines is 3. The second-order valence-electron chi connectivity index (χ2n) is 9.77. The van der Waals surface area contributed by atoms with Crippen LogP contribution in [0.4, 0.5) is 26.4 Å². The van der Waals surface area contributed by atoms with Crippen molar-refractivity contribution < 1.29 is 13.5 Å². The fraction of sp³-hybridized carbons (Fsp3) is 0.407. The lowest BCUT2D eigenvalue weighted by molar-refractivity contribution is 0.122. The molecule has 2 aliphatic heterocycles. The van der Waals surface area contributed by atoms with Gasteiger partial charge in [0.15, 0.2) is 5.82 Å². The molecule has 6 rings (SSSR count). The van der Waals surface area contributed by atoms with E-state index in [0.717, 1.165) is 37.6 Å². The first-order valence-corrected chi connectivity index (χ1v) is 13.1. The van der Waals surface area contributed by atoms with Gasteiger partial charge in [0.2, 0.25) is 5.95 Å². The van der Waals surface area contributed by atoms with E-state index in [1.54, 1.807) is 30.3 Å². The minimum Gasteiger partial charge on any atom is -0.378 e. The fourth-order valence-electron chi connectivity index (χ4n) is 4.93. The summed E-state index contributed by atoms with van der Waals surface area (Å²) in [4.78, 5) is 24.9. The molecule has 10 nitrogen and oxygen atoms in total. The Bertz CT molecular complexity index is 1410. The Morgan fingerprint density at radius 3 is 2.36 bits per heavy atom. The Morgan fingerprint density at radius 2 is 1.62 bits per heavy atom. The molecule has 204 valence electrons. The van der Waals surface area contributed by atoms with Gasteiger partial charge in [0.25, 0.3) is 6.43 Å². The number of ether oxygens (including phenoxy) is 1. The van der Waals surface area contributed by atoms with Crippen LogP contribution in [-0.4, -0.2) is 88.9 Å². The van der Waals surface area contributed by atoms with E-state index >= 15 is 0 Å². The Balaban J connectivity index is 1.29. The predicted octanol–water partition coefficient (Wildman–Crippen LogP) is 3.35. The van der Waals surface area contributed by atoms with Crippen LogP contribution >= 0.6 is 0 Å². The number of para-hydroxylation sites is 2. The van der Waals surface area contributed by atoms with Gasteiger partial charge >= 0.3 is 0 Å². The van der Waals surface area contributed by atoms with E-state index in [4.69, 9.17) is 9.72 Å². The summed E-state index contributed by atoms with van der Waals surface area (Å²) in [5.41, 5.74) is 2.02. The first kappa shape index (κ1) is 25.4. The van der Waals surface area contributed by atoms with Crippen LogP contribution in [0.1, 0.15) is 17.8 Å². The number of imidazole rings is 1. The van der Waals surface area contributed by atoms with Gasteiger partial charge in [-0.25, -0.2) is 18.7 Å². The van der Waals surface area contributed by atoms with Gasteiger partial charge < -0.3 is 24.8 Å². The van der Waals surface area contributed by atoms with Crippen LogP contribution in [0.5, 0.6) is 0 Å². The fourth-order valence-corrected chi connectivity index (χ4v) is 4.93. The third kappa shape index (κ3) is 5.48. The summed E-state index contributed by atoms with van der Waals surface area (Å²) in [5, 5.41) is 3.28. The van der Waals surface area contributed by atoms with Crippen molar-refractivity contribution in [3.8, 4) is 5.82 Å². The van der Waals surface area contributed by atoms with Crippen molar-refractivity contribution in [2.45, 2.75) is 13.0 Å². The lowest BCUT2D eigenvalue weighted by atomic mass is 10.2. The van der Waals surface area contributed by atoms with E-state index in [2.05, 4.69) is 42.0 Å². The maximum absolute atomic E-state index is 14.1. The summed E-state index contributed by atoms with van der Waals surface area (Å²) in [5.74, 6) is 1.94. The van der Waals surface area contributed by atoms with Gasteiger partial charge in [0.05, 0.1) is 24.2 Å². The van der Waals surface area contributed by atoms with Crippen molar-refractivity contribution in [2.24, 2.45) is 0 Å². The molecule has 0 spiro atoms. The number of benzene rings is 1.